The Morgan fingerprint density at radius 3 is 2.74 bits per heavy atom. The van der Waals surface area contributed by atoms with Crippen molar-refractivity contribution >= 4 is 23.4 Å². The van der Waals surface area contributed by atoms with Gasteiger partial charge in [0.1, 0.15) is 18.7 Å². The number of alkyl halides is 2. The highest BCUT2D eigenvalue weighted by molar-refractivity contribution is 7.99. The first kappa shape index (κ1) is 16.5. The van der Waals surface area contributed by atoms with Gasteiger partial charge in [0.2, 0.25) is 5.91 Å². The highest BCUT2D eigenvalue weighted by atomic mass is 32.2. The van der Waals surface area contributed by atoms with Gasteiger partial charge in [0.25, 0.3) is 5.76 Å². The summed E-state index contributed by atoms with van der Waals surface area (Å²) in [4.78, 5) is 16.0. The molecule has 0 unspecified atom stereocenters. The van der Waals surface area contributed by atoms with Gasteiger partial charge in [-0.05, 0) is 12.1 Å². The second-order valence-electron chi connectivity index (χ2n) is 4.22. The summed E-state index contributed by atoms with van der Waals surface area (Å²) in [7, 11) is 0. The number of anilines is 1. The van der Waals surface area contributed by atoms with E-state index in [9.17, 15) is 13.6 Å². The van der Waals surface area contributed by atoms with E-state index in [1.54, 1.807) is 24.3 Å². The second-order valence-corrected chi connectivity index (χ2v) is 5.25. The quantitative estimate of drug-likeness (QED) is 0.849. The number of nitrogens with zero attached hydrogens (tertiary/aromatic N) is 4. The number of benzene rings is 1. The van der Waals surface area contributed by atoms with Crippen molar-refractivity contribution in [1.82, 2.24) is 9.55 Å². The molecule has 9 heteroatoms. The molecule has 1 amide bonds. The van der Waals surface area contributed by atoms with Crippen LogP contribution in [0.3, 0.4) is 0 Å². The molecule has 0 saturated carbocycles. The molecule has 0 radical (unpaired) electrons. The Labute approximate surface area is 134 Å². The van der Waals surface area contributed by atoms with Crippen molar-refractivity contribution in [1.29, 1.82) is 10.5 Å². The molecule has 2 aromatic rings. The number of halogens is 2. The van der Waals surface area contributed by atoms with Gasteiger partial charge >= 0.3 is 0 Å². The number of thioether (sulfide) groups is 1. The number of hydrogen-bond acceptors (Lipinski definition) is 5. The molecule has 6 nitrogen and oxygen atoms in total. The second kappa shape index (κ2) is 7.38. The third-order valence-corrected chi connectivity index (χ3v) is 3.53. The lowest BCUT2D eigenvalue weighted by molar-refractivity contribution is -0.116. The van der Waals surface area contributed by atoms with Crippen molar-refractivity contribution < 1.29 is 13.6 Å². The number of hydrogen-bond donors (Lipinski definition) is 1. The average Bonchev–Trinajstić information content (AvgIpc) is 2.90. The van der Waals surface area contributed by atoms with Gasteiger partial charge in [0.15, 0.2) is 11.4 Å². The summed E-state index contributed by atoms with van der Waals surface area (Å²) in [5.74, 6) is -3.13. The van der Waals surface area contributed by atoms with E-state index in [0.29, 0.717) is 11.8 Å². The first-order chi connectivity index (χ1) is 11.0. The first-order valence-corrected chi connectivity index (χ1v) is 7.12. The number of aromatic nitrogens is 2. The van der Waals surface area contributed by atoms with Gasteiger partial charge in [0.05, 0.1) is 12.0 Å². The normalized spacial score (nSPS) is 10.1. The van der Waals surface area contributed by atoms with E-state index in [0.717, 1.165) is 0 Å². The summed E-state index contributed by atoms with van der Waals surface area (Å²) in [6.07, 6.45) is 1.20. The van der Waals surface area contributed by atoms with Crippen molar-refractivity contribution in [2.24, 2.45) is 0 Å². The number of para-hydroxylation sites is 1. The molecule has 116 valence electrons. The number of carbonyl (C=O) groups is 1. The van der Waals surface area contributed by atoms with Crippen molar-refractivity contribution in [3.05, 3.63) is 42.0 Å². The molecule has 0 aliphatic rings. The zero-order chi connectivity index (χ0) is 16.8. The number of imidazole rings is 1. The van der Waals surface area contributed by atoms with E-state index in [-0.39, 0.29) is 28.5 Å². The molecule has 1 aromatic heterocycles. The van der Waals surface area contributed by atoms with Crippen LogP contribution in [0.2, 0.25) is 0 Å². The average molecular weight is 333 g/mol. The van der Waals surface area contributed by atoms with Crippen LogP contribution in [0.4, 0.5) is 14.5 Å². The van der Waals surface area contributed by atoms with Crippen molar-refractivity contribution in [2.75, 3.05) is 5.32 Å². The number of nitriles is 2. The third kappa shape index (κ3) is 4.05. The summed E-state index contributed by atoms with van der Waals surface area (Å²) in [5.41, 5.74) is 0.147. The van der Waals surface area contributed by atoms with Crippen LogP contribution in [0, 0.1) is 22.7 Å². The number of nitrogens with one attached hydrogen (secondary N) is 1. The van der Waals surface area contributed by atoms with Gasteiger partial charge in [-0.2, -0.15) is 19.3 Å². The third-order valence-electron chi connectivity index (χ3n) is 2.74. The standard InChI is InChI=1S/C14H9F2N5OS/c15-14(16)23-12-4-2-1-3-9(12)20-13(22)7-21-8-19-10(5-17)11(21)6-18/h1-4,8,14H,7H2,(H,20,22). The maximum absolute atomic E-state index is 12.5. The van der Waals surface area contributed by atoms with E-state index in [2.05, 4.69) is 10.3 Å². The molecule has 1 N–H and O–H groups in total. The minimum atomic E-state index is -2.61. The Morgan fingerprint density at radius 1 is 1.35 bits per heavy atom. The Kier molecular flexibility index (Phi) is 5.28. The zero-order valence-corrected chi connectivity index (χ0v) is 12.3. The largest absolute Gasteiger partial charge is 0.324 e. The van der Waals surface area contributed by atoms with E-state index >= 15 is 0 Å². The van der Waals surface area contributed by atoms with E-state index in [4.69, 9.17) is 10.5 Å². The SMILES string of the molecule is N#Cc1ncn(CC(=O)Nc2ccccc2SC(F)F)c1C#N. The van der Waals surface area contributed by atoms with Crippen molar-refractivity contribution in [3.8, 4) is 12.1 Å². The molecule has 0 atom stereocenters. The molecule has 2 rings (SSSR count). The predicted octanol–water partition coefficient (Wildman–Crippen LogP) is 2.58. The molecular formula is C14H9F2N5OS. The van der Waals surface area contributed by atoms with Gasteiger partial charge in [-0.3, -0.25) is 4.79 Å². The van der Waals surface area contributed by atoms with Crippen LogP contribution in [0.15, 0.2) is 35.5 Å². The van der Waals surface area contributed by atoms with E-state index in [1.807, 2.05) is 0 Å². The van der Waals surface area contributed by atoms with Crippen LogP contribution in [0.5, 0.6) is 0 Å². The molecule has 0 saturated heterocycles. The molecule has 0 aliphatic heterocycles. The van der Waals surface area contributed by atoms with Gasteiger partial charge in [-0.15, -0.1) is 0 Å². The Morgan fingerprint density at radius 2 is 2.09 bits per heavy atom. The fraction of sp³-hybridized carbons (Fsp3) is 0.143. The maximum atomic E-state index is 12.5. The van der Waals surface area contributed by atoms with Gasteiger partial charge < -0.3 is 9.88 Å². The van der Waals surface area contributed by atoms with Crippen LogP contribution in [0.25, 0.3) is 0 Å². The number of carbonyl (C=O) groups excluding carboxylic acids is 1. The molecule has 0 fully saturated rings. The number of amides is 1. The Bertz CT molecular complexity index is 806. The summed E-state index contributed by atoms with van der Waals surface area (Å²) >= 11 is 0.326. The van der Waals surface area contributed by atoms with E-state index in [1.165, 1.54) is 23.0 Å². The highest BCUT2D eigenvalue weighted by Crippen LogP contribution is 2.31. The van der Waals surface area contributed by atoms with Gasteiger partial charge in [0, 0.05) is 4.90 Å². The van der Waals surface area contributed by atoms with Gasteiger partial charge in [-0.1, -0.05) is 23.9 Å². The summed E-state index contributed by atoms with van der Waals surface area (Å²) in [5, 5.41) is 20.3. The lowest BCUT2D eigenvalue weighted by Crippen LogP contribution is -2.19. The van der Waals surface area contributed by atoms with Crippen LogP contribution < -0.4 is 5.32 Å². The number of rotatable bonds is 5. The van der Waals surface area contributed by atoms with Crippen LogP contribution >= 0.6 is 11.8 Å². The summed E-state index contributed by atoms with van der Waals surface area (Å²) < 4.78 is 26.2. The predicted molar refractivity (Wildman–Crippen MR) is 78.6 cm³/mol. The highest BCUT2D eigenvalue weighted by Gasteiger charge is 2.15. The smallest absolute Gasteiger partial charge is 0.288 e. The lowest BCUT2D eigenvalue weighted by Gasteiger charge is -2.10. The maximum Gasteiger partial charge on any atom is 0.288 e. The molecule has 0 aliphatic carbocycles. The molecule has 0 bridgehead atoms. The fourth-order valence-electron chi connectivity index (χ4n) is 1.81. The topological polar surface area (TPSA) is 94.5 Å². The van der Waals surface area contributed by atoms with Crippen LogP contribution in [0.1, 0.15) is 11.4 Å². The van der Waals surface area contributed by atoms with Crippen LogP contribution in [-0.4, -0.2) is 21.2 Å². The van der Waals surface area contributed by atoms with Crippen LogP contribution in [-0.2, 0) is 11.3 Å². The van der Waals surface area contributed by atoms with E-state index < -0.39 is 11.7 Å². The molecule has 1 aromatic carbocycles. The molecule has 0 spiro atoms. The minimum Gasteiger partial charge on any atom is -0.324 e. The summed E-state index contributed by atoms with van der Waals surface area (Å²) in [6, 6.07) is 9.71. The van der Waals surface area contributed by atoms with Crippen molar-refractivity contribution in [2.45, 2.75) is 17.2 Å². The lowest BCUT2D eigenvalue weighted by atomic mass is 10.3. The molecule has 23 heavy (non-hydrogen) atoms. The summed E-state index contributed by atoms with van der Waals surface area (Å²) in [6.45, 7) is -0.259. The van der Waals surface area contributed by atoms with Gasteiger partial charge in [-0.25, -0.2) is 4.98 Å². The first-order valence-electron chi connectivity index (χ1n) is 6.24. The zero-order valence-electron chi connectivity index (χ0n) is 11.5. The fourth-order valence-corrected chi connectivity index (χ4v) is 2.41. The minimum absolute atomic E-state index is 0.0297. The Balaban J connectivity index is 2.14. The monoisotopic (exact) mass is 333 g/mol. The Hall–Kier alpha value is -2.91. The molecular weight excluding hydrogens is 324 g/mol. The molecule has 1 heterocycles. The van der Waals surface area contributed by atoms with Crippen molar-refractivity contribution in [3.63, 3.8) is 0 Å².